The lowest BCUT2D eigenvalue weighted by atomic mass is 10.1. The van der Waals surface area contributed by atoms with Crippen LogP contribution in [-0.2, 0) is 6.42 Å². The number of nitrogens with zero attached hydrogens (tertiary/aromatic N) is 1. The van der Waals surface area contributed by atoms with E-state index in [-0.39, 0.29) is 5.91 Å². The van der Waals surface area contributed by atoms with Crippen molar-refractivity contribution >= 4 is 17.3 Å². The van der Waals surface area contributed by atoms with Gasteiger partial charge in [0.1, 0.15) is 11.4 Å². The van der Waals surface area contributed by atoms with Crippen LogP contribution in [0.2, 0.25) is 0 Å². The van der Waals surface area contributed by atoms with E-state index in [0.717, 1.165) is 30.1 Å². The lowest BCUT2D eigenvalue weighted by Crippen LogP contribution is -2.14. The van der Waals surface area contributed by atoms with Crippen molar-refractivity contribution in [3.8, 4) is 5.75 Å². The first-order valence-electron chi connectivity index (χ1n) is 8.44. The zero-order valence-corrected chi connectivity index (χ0v) is 14.6. The molecule has 2 aromatic carbocycles. The molecule has 5 nitrogen and oxygen atoms in total. The highest BCUT2D eigenvalue weighted by molar-refractivity contribution is 6.03. The van der Waals surface area contributed by atoms with Crippen LogP contribution in [-0.4, -0.2) is 24.5 Å². The minimum Gasteiger partial charge on any atom is -0.497 e. The SMILES string of the molecule is COc1cccc(CCNc2ccnc(C(=O)Nc3ccccc3)c2)c1. The summed E-state index contributed by atoms with van der Waals surface area (Å²) in [5, 5.41) is 6.17. The molecule has 0 fully saturated rings. The van der Waals surface area contributed by atoms with Crippen LogP contribution in [0.3, 0.4) is 0 Å². The van der Waals surface area contributed by atoms with Crippen LogP contribution in [0.25, 0.3) is 0 Å². The highest BCUT2D eigenvalue weighted by Gasteiger charge is 2.08. The van der Waals surface area contributed by atoms with E-state index in [1.807, 2.05) is 54.6 Å². The van der Waals surface area contributed by atoms with Gasteiger partial charge in [0.15, 0.2) is 0 Å². The van der Waals surface area contributed by atoms with Crippen molar-refractivity contribution in [3.63, 3.8) is 0 Å². The fourth-order valence-corrected chi connectivity index (χ4v) is 2.56. The Morgan fingerprint density at radius 1 is 1.00 bits per heavy atom. The Bertz CT molecular complexity index is 866. The molecule has 0 atom stereocenters. The molecule has 5 heteroatoms. The summed E-state index contributed by atoms with van der Waals surface area (Å²) < 4.78 is 5.24. The Kier molecular flexibility index (Phi) is 5.83. The summed E-state index contributed by atoms with van der Waals surface area (Å²) in [4.78, 5) is 16.5. The molecule has 1 aromatic heterocycles. The third-order valence-corrected chi connectivity index (χ3v) is 3.90. The van der Waals surface area contributed by atoms with E-state index in [4.69, 9.17) is 4.74 Å². The minimum absolute atomic E-state index is 0.229. The molecule has 0 aliphatic rings. The molecule has 0 saturated carbocycles. The zero-order valence-electron chi connectivity index (χ0n) is 14.6. The average molecular weight is 347 g/mol. The zero-order chi connectivity index (χ0) is 18.2. The predicted molar refractivity (Wildman–Crippen MR) is 104 cm³/mol. The van der Waals surface area contributed by atoms with E-state index in [1.54, 1.807) is 19.4 Å². The standard InChI is InChI=1S/C21H21N3O2/c1-26-19-9-5-6-16(14-19)10-12-22-18-11-13-23-20(15-18)21(25)24-17-7-3-2-4-8-17/h2-9,11,13-15H,10,12H2,1H3,(H,22,23)(H,24,25). The predicted octanol–water partition coefficient (Wildman–Crippen LogP) is 4.00. The van der Waals surface area contributed by atoms with Crippen molar-refractivity contribution in [2.75, 3.05) is 24.3 Å². The molecule has 1 amide bonds. The number of aromatic nitrogens is 1. The van der Waals surface area contributed by atoms with Crippen molar-refractivity contribution < 1.29 is 9.53 Å². The van der Waals surface area contributed by atoms with Crippen LogP contribution in [0.1, 0.15) is 16.1 Å². The maximum absolute atomic E-state index is 12.3. The van der Waals surface area contributed by atoms with Gasteiger partial charge in [-0.1, -0.05) is 30.3 Å². The van der Waals surface area contributed by atoms with Gasteiger partial charge in [0.25, 0.3) is 5.91 Å². The number of rotatable bonds is 7. The van der Waals surface area contributed by atoms with E-state index in [0.29, 0.717) is 5.69 Å². The monoisotopic (exact) mass is 347 g/mol. The second-order valence-corrected chi connectivity index (χ2v) is 5.78. The minimum atomic E-state index is -0.229. The number of para-hydroxylation sites is 1. The van der Waals surface area contributed by atoms with E-state index in [9.17, 15) is 4.79 Å². The molecule has 0 saturated heterocycles. The van der Waals surface area contributed by atoms with Crippen LogP contribution in [0.4, 0.5) is 11.4 Å². The summed E-state index contributed by atoms with van der Waals surface area (Å²) in [6.45, 7) is 0.747. The van der Waals surface area contributed by atoms with Crippen molar-refractivity contribution in [2.45, 2.75) is 6.42 Å². The molecule has 132 valence electrons. The molecule has 0 unspecified atom stereocenters. The topological polar surface area (TPSA) is 63.2 Å². The average Bonchev–Trinajstić information content (AvgIpc) is 2.69. The number of carbonyl (C=O) groups excluding carboxylic acids is 1. The molecule has 0 bridgehead atoms. The molecule has 0 radical (unpaired) electrons. The number of nitrogens with one attached hydrogen (secondary N) is 2. The van der Waals surface area contributed by atoms with Gasteiger partial charge >= 0.3 is 0 Å². The van der Waals surface area contributed by atoms with Gasteiger partial charge < -0.3 is 15.4 Å². The first-order chi connectivity index (χ1) is 12.7. The number of hydrogen-bond donors (Lipinski definition) is 2. The Morgan fingerprint density at radius 3 is 2.65 bits per heavy atom. The van der Waals surface area contributed by atoms with Crippen LogP contribution < -0.4 is 15.4 Å². The number of amides is 1. The number of ether oxygens (including phenoxy) is 1. The van der Waals surface area contributed by atoms with Crippen molar-refractivity contribution in [1.82, 2.24) is 4.98 Å². The number of pyridine rings is 1. The molecule has 1 heterocycles. The summed E-state index contributed by atoms with van der Waals surface area (Å²) in [5.41, 5.74) is 3.17. The maximum Gasteiger partial charge on any atom is 0.274 e. The second-order valence-electron chi connectivity index (χ2n) is 5.78. The Hall–Kier alpha value is -3.34. The molecule has 2 N–H and O–H groups in total. The quantitative estimate of drug-likeness (QED) is 0.678. The largest absolute Gasteiger partial charge is 0.497 e. The van der Waals surface area contributed by atoms with Crippen molar-refractivity contribution in [3.05, 3.63) is 84.2 Å². The summed E-state index contributed by atoms with van der Waals surface area (Å²) >= 11 is 0. The second kappa shape index (κ2) is 8.67. The molecule has 0 aliphatic heterocycles. The van der Waals surface area contributed by atoms with Crippen LogP contribution in [0, 0.1) is 0 Å². The smallest absolute Gasteiger partial charge is 0.274 e. The number of hydrogen-bond acceptors (Lipinski definition) is 4. The fourth-order valence-electron chi connectivity index (χ4n) is 2.56. The van der Waals surface area contributed by atoms with Gasteiger partial charge in [0.05, 0.1) is 7.11 Å². The Balaban J connectivity index is 1.57. The van der Waals surface area contributed by atoms with E-state index >= 15 is 0 Å². The van der Waals surface area contributed by atoms with Gasteiger partial charge in [0, 0.05) is 24.1 Å². The fraction of sp³-hybridized carbons (Fsp3) is 0.143. The summed E-state index contributed by atoms with van der Waals surface area (Å²) in [7, 11) is 1.66. The first-order valence-corrected chi connectivity index (χ1v) is 8.44. The molecule has 3 rings (SSSR count). The number of methoxy groups -OCH3 is 1. The third kappa shape index (κ3) is 4.83. The molecule has 26 heavy (non-hydrogen) atoms. The van der Waals surface area contributed by atoms with E-state index in [1.165, 1.54) is 5.56 Å². The van der Waals surface area contributed by atoms with Gasteiger partial charge in [-0.2, -0.15) is 0 Å². The maximum atomic E-state index is 12.3. The number of carbonyl (C=O) groups is 1. The Labute approximate surface area is 153 Å². The van der Waals surface area contributed by atoms with Gasteiger partial charge in [-0.05, 0) is 48.4 Å². The highest BCUT2D eigenvalue weighted by Crippen LogP contribution is 2.14. The van der Waals surface area contributed by atoms with Crippen LogP contribution in [0.5, 0.6) is 5.75 Å². The lowest BCUT2D eigenvalue weighted by Gasteiger charge is -2.09. The summed E-state index contributed by atoms with van der Waals surface area (Å²) in [6, 6.07) is 20.9. The normalized spacial score (nSPS) is 10.2. The van der Waals surface area contributed by atoms with Crippen LogP contribution in [0.15, 0.2) is 72.9 Å². The highest BCUT2D eigenvalue weighted by atomic mass is 16.5. The summed E-state index contributed by atoms with van der Waals surface area (Å²) in [5.74, 6) is 0.624. The number of anilines is 2. The molecule has 0 spiro atoms. The molecular formula is C21H21N3O2. The lowest BCUT2D eigenvalue weighted by molar-refractivity contribution is 0.102. The van der Waals surface area contributed by atoms with Gasteiger partial charge in [-0.15, -0.1) is 0 Å². The Morgan fingerprint density at radius 2 is 1.85 bits per heavy atom. The van der Waals surface area contributed by atoms with Crippen molar-refractivity contribution in [2.24, 2.45) is 0 Å². The number of benzene rings is 2. The first kappa shape index (κ1) is 17.5. The van der Waals surface area contributed by atoms with Crippen LogP contribution >= 0.6 is 0 Å². The molecule has 0 aliphatic carbocycles. The third-order valence-electron chi connectivity index (χ3n) is 3.90. The molecule has 3 aromatic rings. The summed E-state index contributed by atoms with van der Waals surface area (Å²) in [6.07, 6.45) is 2.48. The van der Waals surface area contributed by atoms with Gasteiger partial charge in [-0.25, -0.2) is 0 Å². The van der Waals surface area contributed by atoms with Crippen molar-refractivity contribution in [1.29, 1.82) is 0 Å². The van der Waals surface area contributed by atoms with Gasteiger partial charge in [-0.3, -0.25) is 9.78 Å². The van der Waals surface area contributed by atoms with E-state index in [2.05, 4.69) is 21.7 Å². The van der Waals surface area contributed by atoms with E-state index < -0.39 is 0 Å². The molecular weight excluding hydrogens is 326 g/mol. The van der Waals surface area contributed by atoms with Gasteiger partial charge in [0.2, 0.25) is 0 Å².